The molecule has 1 aromatic heterocycles. The molecule has 0 spiro atoms. The Morgan fingerprint density at radius 2 is 2.10 bits per heavy atom. The van der Waals surface area contributed by atoms with Crippen LogP contribution in [0.3, 0.4) is 0 Å². The van der Waals surface area contributed by atoms with E-state index in [2.05, 4.69) is 45.2 Å². The van der Waals surface area contributed by atoms with E-state index in [1.807, 2.05) is 25.1 Å². The first-order valence-corrected chi connectivity index (χ1v) is 10.9. The van der Waals surface area contributed by atoms with Crippen molar-refractivity contribution in [1.29, 1.82) is 0 Å². The van der Waals surface area contributed by atoms with Gasteiger partial charge in [0.25, 0.3) is 0 Å². The number of amides is 1. The van der Waals surface area contributed by atoms with Crippen LogP contribution in [0.15, 0.2) is 36.7 Å². The maximum absolute atomic E-state index is 13.1. The van der Waals surface area contributed by atoms with Crippen LogP contribution in [0.25, 0.3) is 0 Å². The van der Waals surface area contributed by atoms with Crippen LogP contribution >= 0.6 is 11.6 Å². The fraction of sp³-hybridized carbons (Fsp3) is 0.478. The molecule has 1 aliphatic heterocycles. The van der Waals surface area contributed by atoms with Crippen LogP contribution in [0, 0.1) is 0 Å². The number of fused-ring (bicyclic) bond motifs is 1. The Labute approximate surface area is 184 Å². The normalized spacial score (nSPS) is 13.9. The summed E-state index contributed by atoms with van der Waals surface area (Å²) in [4.78, 5) is 23.6. The molecule has 1 aromatic carbocycles. The van der Waals surface area contributed by atoms with Crippen molar-refractivity contribution in [2.45, 2.75) is 26.4 Å². The van der Waals surface area contributed by atoms with Crippen LogP contribution in [-0.4, -0.2) is 72.4 Å². The van der Waals surface area contributed by atoms with Crippen LogP contribution in [-0.2, 0) is 24.3 Å². The van der Waals surface area contributed by atoms with Gasteiger partial charge in [-0.05, 0) is 55.9 Å². The summed E-state index contributed by atoms with van der Waals surface area (Å²) >= 11 is 6.08. The van der Waals surface area contributed by atoms with Gasteiger partial charge in [-0.1, -0.05) is 30.7 Å². The van der Waals surface area contributed by atoms with Gasteiger partial charge in [-0.25, -0.2) is 0 Å². The van der Waals surface area contributed by atoms with Crippen molar-refractivity contribution in [3.63, 3.8) is 0 Å². The standard InChI is InChI=1S/C23H32ClN5O/c1-4-28-9-8-19-6-5-7-22(21(19)17-28)26-15-23(30)29(11-10-27(2)3)16-18-12-20(24)14-25-13-18/h5-7,12-14,26H,4,8-11,15-17H2,1-3H3. The van der Waals surface area contributed by atoms with Gasteiger partial charge in [-0.15, -0.1) is 0 Å². The van der Waals surface area contributed by atoms with Crippen molar-refractivity contribution in [3.8, 4) is 0 Å². The minimum atomic E-state index is 0.0672. The molecule has 162 valence electrons. The predicted molar refractivity (Wildman–Crippen MR) is 123 cm³/mol. The highest BCUT2D eigenvalue weighted by Crippen LogP contribution is 2.26. The van der Waals surface area contributed by atoms with Crippen molar-refractivity contribution in [2.75, 3.05) is 52.1 Å². The fourth-order valence-corrected chi connectivity index (χ4v) is 3.93. The summed E-state index contributed by atoms with van der Waals surface area (Å²) in [7, 11) is 4.02. The first-order valence-electron chi connectivity index (χ1n) is 10.5. The molecule has 1 aliphatic rings. The number of halogens is 1. The molecule has 0 atom stereocenters. The summed E-state index contributed by atoms with van der Waals surface area (Å²) < 4.78 is 0. The van der Waals surface area contributed by atoms with Crippen molar-refractivity contribution >= 4 is 23.2 Å². The van der Waals surface area contributed by atoms with Gasteiger partial charge >= 0.3 is 0 Å². The second-order valence-corrected chi connectivity index (χ2v) is 8.48. The SMILES string of the molecule is CCN1CCc2cccc(NCC(=O)N(CCN(C)C)Cc3cncc(Cl)c3)c2C1. The largest absolute Gasteiger partial charge is 0.376 e. The molecule has 0 bridgehead atoms. The molecule has 6 nitrogen and oxygen atoms in total. The predicted octanol–water partition coefficient (Wildman–Crippen LogP) is 3.12. The van der Waals surface area contributed by atoms with Crippen LogP contribution < -0.4 is 5.32 Å². The highest BCUT2D eigenvalue weighted by Gasteiger charge is 2.19. The quantitative estimate of drug-likeness (QED) is 0.663. The number of rotatable bonds is 9. The molecule has 0 unspecified atom stereocenters. The number of likely N-dealkylation sites (N-methyl/N-ethyl adjacent to an activating group) is 2. The minimum Gasteiger partial charge on any atom is -0.376 e. The van der Waals surface area contributed by atoms with E-state index in [1.54, 1.807) is 12.4 Å². The maximum Gasteiger partial charge on any atom is 0.242 e. The summed E-state index contributed by atoms with van der Waals surface area (Å²) in [6, 6.07) is 8.22. The summed E-state index contributed by atoms with van der Waals surface area (Å²) in [5.41, 5.74) is 4.70. The number of carbonyl (C=O) groups excluding carboxylic acids is 1. The lowest BCUT2D eigenvalue weighted by Gasteiger charge is -2.30. The summed E-state index contributed by atoms with van der Waals surface area (Å²) in [5.74, 6) is 0.0672. The Balaban J connectivity index is 1.68. The molecule has 1 N–H and O–H groups in total. The average Bonchev–Trinajstić information content (AvgIpc) is 2.74. The molecule has 0 saturated heterocycles. The number of carbonyl (C=O) groups is 1. The van der Waals surface area contributed by atoms with E-state index in [0.717, 1.165) is 43.9 Å². The maximum atomic E-state index is 13.1. The highest BCUT2D eigenvalue weighted by molar-refractivity contribution is 6.30. The van der Waals surface area contributed by atoms with E-state index in [9.17, 15) is 4.79 Å². The molecule has 0 aliphatic carbocycles. The minimum absolute atomic E-state index is 0.0672. The summed E-state index contributed by atoms with van der Waals surface area (Å²) in [6.07, 6.45) is 4.43. The first-order chi connectivity index (χ1) is 14.5. The smallest absolute Gasteiger partial charge is 0.242 e. The molecule has 7 heteroatoms. The van der Waals surface area contributed by atoms with Crippen molar-refractivity contribution in [1.82, 2.24) is 19.7 Å². The number of nitrogens with one attached hydrogen (secondary N) is 1. The lowest BCUT2D eigenvalue weighted by Crippen LogP contribution is -2.39. The number of anilines is 1. The molecule has 30 heavy (non-hydrogen) atoms. The molecule has 0 fully saturated rings. The third-order valence-electron chi connectivity index (χ3n) is 5.53. The number of pyridine rings is 1. The summed E-state index contributed by atoms with van der Waals surface area (Å²) in [5, 5.41) is 3.99. The molecule has 2 heterocycles. The average molecular weight is 430 g/mol. The second-order valence-electron chi connectivity index (χ2n) is 8.05. The zero-order chi connectivity index (χ0) is 21.5. The molecule has 0 radical (unpaired) electrons. The molecular formula is C23H32ClN5O. The Morgan fingerprint density at radius 1 is 1.27 bits per heavy atom. The van der Waals surface area contributed by atoms with Gasteiger partial charge in [-0.3, -0.25) is 14.7 Å². The third kappa shape index (κ3) is 6.17. The first kappa shape index (κ1) is 22.5. The molecule has 1 amide bonds. The van der Waals surface area contributed by atoms with Crippen LogP contribution in [0.5, 0.6) is 0 Å². The van der Waals surface area contributed by atoms with Gasteiger partial charge < -0.3 is 15.1 Å². The van der Waals surface area contributed by atoms with Gasteiger partial charge in [0.2, 0.25) is 5.91 Å². The Bertz CT molecular complexity index is 857. The number of hydrogen-bond donors (Lipinski definition) is 1. The van der Waals surface area contributed by atoms with E-state index in [4.69, 9.17) is 11.6 Å². The van der Waals surface area contributed by atoms with Crippen LogP contribution in [0.2, 0.25) is 5.02 Å². The van der Waals surface area contributed by atoms with Gasteiger partial charge in [0.05, 0.1) is 11.6 Å². The molecule has 0 saturated carbocycles. The Morgan fingerprint density at radius 3 is 2.83 bits per heavy atom. The van der Waals surface area contributed by atoms with Crippen LogP contribution in [0.4, 0.5) is 5.69 Å². The zero-order valence-electron chi connectivity index (χ0n) is 18.2. The monoisotopic (exact) mass is 429 g/mol. The zero-order valence-corrected chi connectivity index (χ0v) is 19.0. The Kier molecular flexibility index (Phi) is 8.08. The molecule has 3 rings (SSSR count). The third-order valence-corrected chi connectivity index (χ3v) is 5.74. The topological polar surface area (TPSA) is 51.7 Å². The fourth-order valence-electron chi connectivity index (χ4n) is 3.73. The highest BCUT2D eigenvalue weighted by atomic mass is 35.5. The number of aromatic nitrogens is 1. The lowest BCUT2D eigenvalue weighted by atomic mass is 9.98. The van der Waals surface area contributed by atoms with E-state index < -0.39 is 0 Å². The lowest BCUT2D eigenvalue weighted by molar-refractivity contribution is -0.130. The Hall–Kier alpha value is -2.15. The summed E-state index contributed by atoms with van der Waals surface area (Å²) in [6.45, 7) is 7.47. The number of hydrogen-bond acceptors (Lipinski definition) is 5. The van der Waals surface area contributed by atoms with E-state index in [0.29, 0.717) is 18.1 Å². The number of benzene rings is 1. The van der Waals surface area contributed by atoms with Gasteiger partial charge in [-0.2, -0.15) is 0 Å². The van der Waals surface area contributed by atoms with Crippen molar-refractivity contribution < 1.29 is 4.79 Å². The van der Waals surface area contributed by atoms with Gasteiger partial charge in [0.15, 0.2) is 0 Å². The van der Waals surface area contributed by atoms with E-state index in [-0.39, 0.29) is 12.5 Å². The molecular weight excluding hydrogens is 398 g/mol. The van der Waals surface area contributed by atoms with Crippen LogP contribution in [0.1, 0.15) is 23.6 Å². The van der Waals surface area contributed by atoms with Crippen molar-refractivity contribution in [3.05, 3.63) is 58.4 Å². The van der Waals surface area contributed by atoms with Crippen molar-refractivity contribution in [2.24, 2.45) is 0 Å². The van der Waals surface area contributed by atoms with Gasteiger partial charge in [0, 0.05) is 50.8 Å². The number of nitrogens with zero attached hydrogens (tertiary/aromatic N) is 4. The van der Waals surface area contributed by atoms with E-state index in [1.165, 1.54) is 11.1 Å². The van der Waals surface area contributed by atoms with E-state index >= 15 is 0 Å². The molecule has 2 aromatic rings. The van der Waals surface area contributed by atoms with Gasteiger partial charge in [0.1, 0.15) is 0 Å². The second kappa shape index (κ2) is 10.8.